The van der Waals surface area contributed by atoms with E-state index >= 15 is 0 Å². The summed E-state index contributed by atoms with van der Waals surface area (Å²) in [6, 6.07) is 4.77. The summed E-state index contributed by atoms with van der Waals surface area (Å²) >= 11 is 3.41. The number of nitrogens with two attached hydrogens (primary N) is 1. The molecule has 1 rings (SSSR count). The fourth-order valence-corrected chi connectivity index (χ4v) is 1.81. The number of rotatable bonds is 4. The van der Waals surface area contributed by atoms with Crippen molar-refractivity contribution in [1.82, 2.24) is 0 Å². The topological polar surface area (TPSA) is 26.0 Å². The van der Waals surface area contributed by atoms with Crippen LogP contribution in [0.3, 0.4) is 0 Å². The molecule has 1 nitrogen and oxygen atoms in total. The van der Waals surface area contributed by atoms with E-state index < -0.39 is 0 Å². The maximum Gasteiger partial charge on any atom is 0.123 e. The molecule has 0 aromatic heterocycles. The van der Waals surface area contributed by atoms with E-state index in [1.807, 2.05) is 0 Å². The fraction of sp³-hybridized carbons (Fsp3) is 0.455. The van der Waals surface area contributed by atoms with E-state index in [2.05, 4.69) is 22.9 Å². The molecule has 1 aromatic rings. The molecule has 0 aliphatic heterocycles. The summed E-state index contributed by atoms with van der Waals surface area (Å²) in [4.78, 5) is 0. The molecule has 0 saturated heterocycles. The van der Waals surface area contributed by atoms with Crippen molar-refractivity contribution in [3.8, 4) is 0 Å². The molecular weight excluding hydrogens is 245 g/mol. The smallest absolute Gasteiger partial charge is 0.123 e. The second kappa shape index (κ2) is 5.47. The van der Waals surface area contributed by atoms with Gasteiger partial charge in [-0.2, -0.15) is 0 Å². The highest BCUT2D eigenvalue weighted by Gasteiger charge is 2.08. The number of halogens is 2. The molecule has 0 saturated carbocycles. The van der Waals surface area contributed by atoms with E-state index in [1.165, 1.54) is 6.07 Å². The molecule has 0 radical (unpaired) electrons. The molecule has 1 unspecified atom stereocenters. The van der Waals surface area contributed by atoms with Crippen molar-refractivity contribution in [3.63, 3.8) is 0 Å². The third-order valence-corrected chi connectivity index (χ3v) is 3.20. The van der Waals surface area contributed by atoms with Gasteiger partial charge in [0.05, 0.1) is 0 Å². The lowest BCUT2D eigenvalue weighted by atomic mass is 9.97. The van der Waals surface area contributed by atoms with E-state index in [-0.39, 0.29) is 5.82 Å². The van der Waals surface area contributed by atoms with Crippen LogP contribution in [-0.2, 0) is 6.42 Å². The van der Waals surface area contributed by atoms with Gasteiger partial charge in [-0.1, -0.05) is 29.3 Å². The normalized spacial score (nSPS) is 12.9. The van der Waals surface area contributed by atoms with Crippen molar-refractivity contribution in [1.29, 1.82) is 0 Å². The first-order valence-corrected chi connectivity index (χ1v) is 5.60. The standard InChI is InChI=1S/C11H15BrFN/c1-2-8(7-14)5-9-6-10(13)3-4-11(9)12/h3-4,6,8H,2,5,7,14H2,1H3. The number of hydrogen-bond donors (Lipinski definition) is 1. The first-order valence-electron chi connectivity index (χ1n) is 4.81. The first-order chi connectivity index (χ1) is 6.67. The summed E-state index contributed by atoms with van der Waals surface area (Å²) in [5.74, 6) is 0.253. The van der Waals surface area contributed by atoms with Crippen LogP contribution in [-0.4, -0.2) is 6.54 Å². The molecule has 0 fully saturated rings. The average molecular weight is 260 g/mol. The maximum atomic E-state index is 13.0. The van der Waals surface area contributed by atoms with Crippen LogP contribution in [0, 0.1) is 11.7 Å². The summed E-state index contributed by atoms with van der Waals surface area (Å²) in [5.41, 5.74) is 6.61. The lowest BCUT2D eigenvalue weighted by Gasteiger charge is -2.13. The Morgan fingerprint density at radius 1 is 1.50 bits per heavy atom. The molecule has 0 heterocycles. The van der Waals surface area contributed by atoms with Gasteiger partial charge in [0.2, 0.25) is 0 Å². The lowest BCUT2D eigenvalue weighted by molar-refractivity contribution is 0.515. The molecule has 1 aromatic carbocycles. The molecule has 2 N–H and O–H groups in total. The van der Waals surface area contributed by atoms with Crippen molar-refractivity contribution in [2.45, 2.75) is 19.8 Å². The van der Waals surface area contributed by atoms with Gasteiger partial charge in [-0.05, 0) is 42.6 Å². The Hall–Kier alpha value is -0.410. The van der Waals surface area contributed by atoms with Gasteiger partial charge in [0.15, 0.2) is 0 Å². The molecular formula is C11H15BrFN. The molecule has 0 amide bonds. The van der Waals surface area contributed by atoms with Crippen LogP contribution in [0.1, 0.15) is 18.9 Å². The Morgan fingerprint density at radius 3 is 2.79 bits per heavy atom. The van der Waals surface area contributed by atoms with Gasteiger partial charge in [-0.15, -0.1) is 0 Å². The van der Waals surface area contributed by atoms with Gasteiger partial charge in [0, 0.05) is 4.47 Å². The average Bonchev–Trinajstić information content (AvgIpc) is 2.19. The Labute approximate surface area is 92.6 Å². The highest BCUT2D eigenvalue weighted by atomic mass is 79.9. The number of benzene rings is 1. The summed E-state index contributed by atoms with van der Waals surface area (Å²) in [6.07, 6.45) is 1.87. The van der Waals surface area contributed by atoms with Crippen molar-refractivity contribution in [2.75, 3.05) is 6.54 Å². The zero-order valence-corrected chi connectivity index (χ0v) is 9.85. The maximum absolute atomic E-state index is 13.0. The Bertz CT molecular complexity index is 297. The molecule has 3 heteroatoms. The van der Waals surface area contributed by atoms with Crippen LogP contribution in [0.15, 0.2) is 22.7 Å². The van der Waals surface area contributed by atoms with Crippen LogP contribution in [0.5, 0.6) is 0 Å². The Balaban J connectivity index is 2.79. The molecule has 0 bridgehead atoms. The Morgan fingerprint density at radius 2 is 2.21 bits per heavy atom. The molecule has 0 aliphatic carbocycles. The lowest BCUT2D eigenvalue weighted by Crippen LogP contribution is -2.16. The van der Waals surface area contributed by atoms with Gasteiger partial charge in [-0.25, -0.2) is 4.39 Å². The summed E-state index contributed by atoms with van der Waals surface area (Å²) in [5, 5.41) is 0. The summed E-state index contributed by atoms with van der Waals surface area (Å²) in [7, 11) is 0. The summed E-state index contributed by atoms with van der Waals surface area (Å²) < 4.78 is 13.9. The summed E-state index contributed by atoms with van der Waals surface area (Å²) in [6.45, 7) is 2.75. The Kier molecular flexibility index (Phi) is 4.55. The van der Waals surface area contributed by atoms with Gasteiger partial charge in [0.1, 0.15) is 5.82 Å². The number of hydrogen-bond acceptors (Lipinski definition) is 1. The van der Waals surface area contributed by atoms with Gasteiger partial charge in [0.25, 0.3) is 0 Å². The third kappa shape index (κ3) is 3.07. The van der Waals surface area contributed by atoms with Gasteiger partial charge in [-0.3, -0.25) is 0 Å². The zero-order chi connectivity index (χ0) is 10.6. The van der Waals surface area contributed by atoms with Crippen molar-refractivity contribution < 1.29 is 4.39 Å². The van der Waals surface area contributed by atoms with Crippen LogP contribution >= 0.6 is 15.9 Å². The van der Waals surface area contributed by atoms with E-state index in [0.29, 0.717) is 12.5 Å². The van der Waals surface area contributed by atoms with Crippen molar-refractivity contribution in [3.05, 3.63) is 34.1 Å². The van der Waals surface area contributed by atoms with Crippen LogP contribution in [0.2, 0.25) is 0 Å². The van der Waals surface area contributed by atoms with Crippen molar-refractivity contribution >= 4 is 15.9 Å². The predicted molar refractivity (Wildman–Crippen MR) is 60.6 cm³/mol. The molecule has 0 aliphatic rings. The fourth-order valence-electron chi connectivity index (χ4n) is 1.41. The second-order valence-electron chi connectivity index (χ2n) is 3.45. The molecule has 78 valence electrons. The third-order valence-electron chi connectivity index (χ3n) is 2.43. The van der Waals surface area contributed by atoms with Crippen LogP contribution in [0.25, 0.3) is 0 Å². The van der Waals surface area contributed by atoms with Crippen LogP contribution < -0.4 is 5.73 Å². The first kappa shape index (κ1) is 11.7. The van der Waals surface area contributed by atoms with Gasteiger partial charge >= 0.3 is 0 Å². The second-order valence-corrected chi connectivity index (χ2v) is 4.30. The van der Waals surface area contributed by atoms with E-state index in [0.717, 1.165) is 22.9 Å². The molecule has 14 heavy (non-hydrogen) atoms. The highest BCUT2D eigenvalue weighted by Crippen LogP contribution is 2.21. The SMILES string of the molecule is CCC(CN)Cc1cc(F)ccc1Br. The monoisotopic (exact) mass is 259 g/mol. The predicted octanol–water partition coefficient (Wildman–Crippen LogP) is 3.12. The van der Waals surface area contributed by atoms with E-state index in [4.69, 9.17) is 5.73 Å². The molecule has 1 atom stereocenters. The highest BCUT2D eigenvalue weighted by molar-refractivity contribution is 9.10. The van der Waals surface area contributed by atoms with Gasteiger partial charge < -0.3 is 5.73 Å². The zero-order valence-electron chi connectivity index (χ0n) is 8.26. The van der Waals surface area contributed by atoms with Crippen LogP contribution in [0.4, 0.5) is 4.39 Å². The molecule has 0 spiro atoms. The van der Waals surface area contributed by atoms with E-state index in [1.54, 1.807) is 12.1 Å². The minimum atomic E-state index is -0.185. The minimum Gasteiger partial charge on any atom is -0.330 e. The van der Waals surface area contributed by atoms with Crippen molar-refractivity contribution in [2.24, 2.45) is 11.7 Å². The van der Waals surface area contributed by atoms with E-state index in [9.17, 15) is 4.39 Å². The largest absolute Gasteiger partial charge is 0.330 e. The quantitative estimate of drug-likeness (QED) is 0.884. The minimum absolute atomic E-state index is 0.185.